The Kier molecular flexibility index (Phi) is 6.36. The number of ether oxygens (including phenoxy) is 1. The minimum Gasteiger partial charge on any atom is -0.478 e. The predicted octanol–water partition coefficient (Wildman–Crippen LogP) is 3.17. The number of carbonyl (C=O) groups is 1. The molecule has 0 radical (unpaired) electrons. The third kappa shape index (κ3) is 5.75. The Morgan fingerprint density at radius 3 is 2.68 bits per heavy atom. The first-order valence-electron chi connectivity index (χ1n) is 6.66. The minimum atomic E-state index is -0.897. The Hall–Kier alpha value is -1.55. The van der Waals surface area contributed by atoms with Gasteiger partial charge in [-0.1, -0.05) is 13.8 Å². The molecule has 0 saturated carbocycles. The molecule has 1 aromatic rings. The van der Waals surface area contributed by atoms with E-state index >= 15 is 0 Å². The molecule has 0 aliphatic carbocycles. The quantitative estimate of drug-likeness (QED) is 0.709. The van der Waals surface area contributed by atoms with Gasteiger partial charge in [-0.3, -0.25) is 0 Å². The molecule has 19 heavy (non-hydrogen) atoms. The SMILES string of the molecule is Cc1cc(C(=O)O)ccc1NCCOCCC(C)C. The maximum absolute atomic E-state index is 10.8. The summed E-state index contributed by atoms with van der Waals surface area (Å²) < 4.78 is 5.51. The van der Waals surface area contributed by atoms with E-state index in [1.807, 2.05) is 6.92 Å². The summed E-state index contributed by atoms with van der Waals surface area (Å²) >= 11 is 0. The molecule has 0 unspecified atom stereocenters. The highest BCUT2D eigenvalue weighted by Gasteiger charge is 2.05. The number of anilines is 1. The van der Waals surface area contributed by atoms with Crippen molar-refractivity contribution in [3.8, 4) is 0 Å². The first-order valence-corrected chi connectivity index (χ1v) is 6.66. The first kappa shape index (κ1) is 15.5. The van der Waals surface area contributed by atoms with E-state index in [0.717, 1.165) is 30.8 Å². The van der Waals surface area contributed by atoms with Gasteiger partial charge in [0.1, 0.15) is 0 Å². The van der Waals surface area contributed by atoms with Crippen molar-refractivity contribution in [2.75, 3.05) is 25.1 Å². The van der Waals surface area contributed by atoms with Crippen molar-refractivity contribution < 1.29 is 14.6 Å². The zero-order valence-corrected chi connectivity index (χ0v) is 11.9. The zero-order valence-electron chi connectivity index (χ0n) is 11.9. The van der Waals surface area contributed by atoms with Crippen molar-refractivity contribution in [1.82, 2.24) is 0 Å². The van der Waals surface area contributed by atoms with Crippen molar-refractivity contribution in [3.05, 3.63) is 29.3 Å². The molecule has 1 rings (SSSR count). The summed E-state index contributed by atoms with van der Waals surface area (Å²) in [6.45, 7) is 8.42. The summed E-state index contributed by atoms with van der Waals surface area (Å²) in [7, 11) is 0. The average Bonchev–Trinajstić information content (AvgIpc) is 2.34. The Balaban J connectivity index is 2.32. The molecule has 0 atom stereocenters. The molecular weight excluding hydrogens is 242 g/mol. The average molecular weight is 265 g/mol. The topological polar surface area (TPSA) is 58.6 Å². The van der Waals surface area contributed by atoms with Gasteiger partial charge < -0.3 is 15.2 Å². The van der Waals surface area contributed by atoms with E-state index in [4.69, 9.17) is 9.84 Å². The van der Waals surface area contributed by atoms with E-state index in [1.165, 1.54) is 0 Å². The van der Waals surface area contributed by atoms with Crippen molar-refractivity contribution in [3.63, 3.8) is 0 Å². The largest absolute Gasteiger partial charge is 0.478 e. The lowest BCUT2D eigenvalue weighted by Gasteiger charge is -2.11. The molecule has 106 valence electrons. The molecule has 1 aromatic carbocycles. The van der Waals surface area contributed by atoms with Crippen LogP contribution >= 0.6 is 0 Å². The van der Waals surface area contributed by atoms with Gasteiger partial charge in [0.25, 0.3) is 0 Å². The number of hydrogen-bond donors (Lipinski definition) is 2. The number of rotatable bonds is 8. The highest BCUT2D eigenvalue weighted by atomic mass is 16.5. The van der Waals surface area contributed by atoms with E-state index in [9.17, 15) is 4.79 Å². The van der Waals surface area contributed by atoms with Crippen LogP contribution in [0.4, 0.5) is 5.69 Å². The molecule has 4 nitrogen and oxygen atoms in total. The molecular formula is C15H23NO3. The predicted molar refractivity (Wildman–Crippen MR) is 76.9 cm³/mol. The lowest BCUT2D eigenvalue weighted by atomic mass is 10.1. The third-order valence-corrected chi connectivity index (χ3v) is 2.87. The Labute approximate surface area is 114 Å². The second-order valence-corrected chi connectivity index (χ2v) is 5.06. The van der Waals surface area contributed by atoms with Crippen molar-refractivity contribution in [2.45, 2.75) is 27.2 Å². The molecule has 0 saturated heterocycles. The van der Waals surface area contributed by atoms with Gasteiger partial charge in [0.2, 0.25) is 0 Å². The molecule has 0 fully saturated rings. The van der Waals surface area contributed by atoms with Crippen LogP contribution in [0.1, 0.15) is 36.2 Å². The van der Waals surface area contributed by atoms with Gasteiger partial charge in [0.05, 0.1) is 12.2 Å². The highest BCUT2D eigenvalue weighted by Crippen LogP contribution is 2.16. The van der Waals surface area contributed by atoms with Gasteiger partial charge >= 0.3 is 5.97 Å². The van der Waals surface area contributed by atoms with Gasteiger partial charge in [-0.25, -0.2) is 4.79 Å². The summed E-state index contributed by atoms with van der Waals surface area (Å²) in [5.41, 5.74) is 2.20. The van der Waals surface area contributed by atoms with E-state index < -0.39 is 5.97 Å². The van der Waals surface area contributed by atoms with Gasteiger partial charge in [0, 0.05) is 18.8 Å². The number of hydrogen-bond acceptors (Lipinski definition) is 3. The van der Waals surface area contributed by atoms with Crippen LogP contribution in [0.3, 0.4) is 0 Å². The third-order valence-electron chi connectivity index (χ3n) is 2.87. The normalized spacial score (nSPS) is 10.7. The van der Waals surface area contributed by atoms with Gasteiger partial charge in [-0.15, -0.1) is 0 Å². The van der Waals surface area contributed by atoms with E-state index in [2.05, 4.69) is 19.2 Å². The minimum absolute atomic E-state index is 0.316. The van der Waals surface area contributed by atoms with Crippen LogP contribution in [0.2, 0.25) is 0 Å². The first-order chi connectivity index (χ1) is 9.00. The van der Waals surface area contributed by atoms with Gasteiger partial charge in [-0.2, -0.15) is 0 Å². The molecule has 0 aromatic heterocycles. The molecule has 0 heterocycles. The van der Waals surface area contributed by atoms with Crippen LogP contribution in [-0.4, -0.2) is 30.8 Å². The fourth-order valence-corrected chi connectivity index (χ4v) is 1.67. The number of aromatic carboxylic acids is 1. The fraction of sp³-hybridized carbons (Fsp3) is 0.533. The zero-order chi connectivity index (χ0) is 14.3. The molecule has 0 aliphatic rings. The summed E-state index contributed by atoms with van der Waals surface area (Å²) in [6.07, 6.45) is 1.08. The smallest absolute Gasteiger partial charge is 0.335 e. The second-order valence-electron chi connectivity index (χ2n) is 5.06. The second kappa shape index (κ2) is 7.79. The number of carboxylic acids is 1. The van der Waals surface area contributed by atoms with E-state index in [-0.39, 0.29) is 0 Å². The molecule has 0 amide bonds. The van der Waals surface area contributed by atoms with Crippen molar-refractivity contribution in [1.29, 1.82) is 0 Å². The number of carboxylic acid groups (broad SMARTS) is 1. The summed E-state index contributed by atoms with van der Waals surface area (Å²) in [4.78, 5) is 10.8. The van der Waals surface area contributed by atoms with Crippen LogP contribution in [-0.2, 0) is 4.74 Å². The van der Waals surface area contributed by atoms with Crippen molar-refractivity contribution in [2.24, 2.45) is 5.92 Å². The lowest BCUT2D eigenvalue weighted by molar-refractivity contribution is 0.0697. The number of benzene rings is 1. The number of nitrogens with one attached hydrogen (secondary N) is 1. The molecule has 0 aliphatic heterocycles. The Morgan fingerprint density at radius 1 is 1.37 bits per heavy atom. The highest BCUT2D eigenvalue weighted by molar-refractivity contribution is 5.88. The Bertz CT molecular complexity index is 416. The summed E-state index contributed by atoms with van der Waals surface area (Å²) in [5.74, 6) is -0.231. The van der Waals surface area contributed by atoms with Crippen LogP contribution in [0, 0.1) is 12.8 Å². The monoisotopic (exact) mass is 265 g/mol. The van der Waals surface area contributed by atoms with Crippen LogP contribution < -0.4 is 5.32 Å². The maximum atomic E-state index is 10.8. The molecule has 0 bridgehead atoms. The van der Waals surface area contributed by atoms with Crippen molar-refractivity contribution >= 4 is 11.7 Å². The molecule has 0 spiro atoms. The molecule has 2 N–H and O–H groups in total. The van der Waals surface area contributed by atoms with E-state index in [1.54, 1.807) is 18.2 Å². The summed E-state index contributed by atoms with van der Waals surface area (Å²) in [6, 6.07) is 5.08. The van der Waals surface area contributed by atoms with E-state index in [0.29, 0.717) is 18.1 Å². The van der Waals surface area contributed by atoms with Gasteiger partial charge in [0.15, 0.2) is 0 Å². The Morgan fingerprint density at radius 2 is 2.11 bits per heavy atom. The number of aryl methyl sites for hydroxylation is 1. The lowest BCUT2D eigenvalue weighted by Crippen LogP contribution is -2.11. The van der Waals surface area contributed by atoms with Crippen LogP contribution in [0.5, 0.6) is 0 Å². The fourth-order valence-electron chi connectivity index (χ4n) is 1.67. The standard InChI is InChI=1S/C15H23NO3/c1-11(2)6-8-19-9-7-16-14-5-4-13(15(17)18)10-12(14)3/h4-5,10-11,16H,6-9H2,1-3H3,(H,17,18). The van der Waals surface area contributed by atoms with Gasteiger partial charge in [-0.05, 0) is 43.0 Å². The summed E-state index contributed by atoms with van der Waals surface area (Å²) in [5, 5.41) is 12.1. The van der Waals surface area contributed by atoms with Crippen LogP contribution in [0.15, 0.2) is 18.2 Å². The maximum Gasteiger partial charge on any atom is 0.335 e. The van der Waals surface area contributed by atoms with Crippen LogP contribution in [0.25, 0.3) is 0 Å². The molecule has 4 heteroatoms.